The summed E-state index contributed by atoms with van der Waals surface area (Å²) < 4.78 is 14.2. The first-order valence-electron chi connectivity index (χ1n) is 7.09. The molecule has 0 aliphatic carbocycles. The molecule has 8 heteroatoms. The molecule has 3 aromatic rings. The minimum absolute atomic E-state index is 0.124. The maximum atomic E-state index is 13.0. The predicted molar refractivity (Wildman–Crippen MR) is 93.6 cm³/mol. The topological polar surface area (TPSA) is 78.0 Å². The van der Waals surface area contributed by atoms with E-state index in [0.717, 1.165) is 11.3 Å². The van der Waals surface area contributed by atoms with Crippen molar-refractivity contribution >= 4 is 39.1 Å². The van der Waals surface area contributed by atoms with Crippen molar-refractivity contribution in [2.45, 2.75) is 13.5 Å². The number of nitrogens with two attached hydrogens (primary N) is 1. The van der Waals surface area contributed by atoms with Crippen LogP contribution in [0.1, 0.15) is 15.2 Å². The number of halogens is 2. The van der Waals surface area contributed by atoms with Crippen LogP contribution in [0.5, 0.6) is 0 Å². The highest BCUT2D eigenvalue weighted by Gasteiger charge is 2.20. The maximum Gasteiger partial charge on any atom is 0.262 e. The fourth-order valence-electron chi connectivity index (χ4n) is 2.56. The Kier molecular flexibility index (Phi) is 4.38. The zero-order valence-electron chi connectivity index (χ0n) is 12.7. The minimum Gasteiger partial charge on any atom is -0.365 e. The number of thiophene rings is 1. The second-order valence-electron chi connectivity index (χ2n) is 5.19. The van der Waals surface area contributed by atoms with Crippen molar-refractivity contribution in [2.75, 3.05) is 6.67 Å². The van der Waals surface area contributed by atoms with E-state index in [1.807, 2.05) is 0 Å². The van der Waals surface area contributed by atoms with Gasteiger partial charge in [-0.2, -0.15) is 0 Å². The smallest absolute Gasteiger partial charge is 0.262 e. The lowest BCUT2D eigenvalue weighted by Gasteiger charge is -2.11. The Morgan fingerprint density at radius 2 is 2.04 bits per heavy atom. The van der Waals surface area contributed by atoms with Gasteiger partial charge in [0.25, 0.3) is 11.5 Å². The van der Waals surface area contributed by atoms with Crippen LogP contribution in [-0.2, 0) is 6.54 Å². The second-order valence-corrected chi connectivity index (χ2v) is 6.62. The zero-order chi connectivity index (χ0) is 17.4. The molecule has 24 heavy (non-hydrogen) atoms. The molecule has 0 spiro atoms. The van der Waals surface area contributed by atoms with E-state index in [2.05, 4.69) is 4.98 Å². The molecule has 0 aliphatic heterocycles. The number of carbonyl (C=O) groups is 1. The van der Waals surface area contributed by atoms with Crippen LogP contribution in [0.3, 0.4) is 0 Å². The van der Waals surface area contributed by atoms with Crippen LogP contribution in [0.15, 0.2) is 29.1 Å². The van der Waals surface area contributed by atoms with E-state index >= 15 is 0 Å². The summed E-state index contributed by atoms with van der Waals surface area (Å²) in [4.78, 5) is 29.5. The van der Waals surface area contributed by atoms with E-state index in [1.54, 1.807) is 31.2 Å². The van der Waals surface area contributed by atoms with E-state index in [1.165, 1.54) is 4.57 Å². The molecule has 0 atom stereocenters. The molecule has 124 valence electrons. The summed E-state index contributed by atoms with van der Waals surface area (Å²) in [5.41, 5.74) is 6.09. The molecule has 5 nitrogen and oxygen atoms in total. The van der Waals surface area contributed by atoms with Crippen LogP contribution in [0.4, 0.5) is 4.39 Å². The van der Waals surface area contributed by atoms with E-state index in [0.29, 0.717) is 32.2 Å². The lowest BCUT2D eigenvalue weighted by molar-refractivity contribution is 0.100. The predicted octanol–water partition coefficient (Wildman–Crippen LogP) is 3.16. The van der Waals surface area contributed by atoms with Crippen molar-refractivity contribution < 1.29 is 9.18 Å². The molecular formula is C16H13ClFN3O2S. The number of nitrogens with zero attached hydrogens (tertiary/aromatic N) is 2. The van der Waals surface area contributed by atoms with Gasteiger partial charge in [-0.1, -0.05) is 11.6 Å². The molecule has 0 radical (unpaired) electrons. The fraction of sp³-hybridized carbons (Fsp3) is 0.188. The summed E-state index contributed by atoms with van der Waals surface area (Å²) in [7, 11) is 0. The average molecular weight is 366 g/mol. The zero-order valence-corrected chi connectivity index (χ0v) is 14.2. The van der Waals surface area contributed by atoms with Crippen LogP contribution in [0, 0.1) is 6.92 Å². The molecule has 3 rings (SSSR count). The van der Waals surface area contributed by atoms with E-state index in [9.17, 15) is 14.0 Å². The van der Waals surface area contributed by atoms with Crippen LogP contribution < -0.4 is 11.3 Å². The van der Waals surface area contributed by atoms with Crippen molar-refractivity contribution in [1.29, 1.82) is 0 Å². The molecule has 0 fully saturated rings. The summed E-state index contributed by atoms with van der Waals surface area (Å²) in [5, 5.41) is 0.849. The SMILES string of the molecule is Cc1c(C(N)=O)sc2nc(-c3ccc(Cl)cc3)n(CCF)c(=O)c12. The summed E-state index contributed by atoms with van der Waals surface area (Å²) in [6.45, 7) is 0.810. The normalized spacial score (nSPS) is 11.1. The van der Waals surface area contributed by atoms with Crippen LogP contribution >= 0.6 is 22.9 Å². The fourth-order valence-corrected chi connectivity index (χ4v) is 3.71. The van der Waals surface area contributed by atoms with Gasteiger partial charge in [-0.25, -0.2) is 9.37 Å². The van der Waals surface area contributed by atoms with Crippen LogP contribution in [-0.4, -0.2) is 22.1 Å². The molecule has 0 bridgehead atoms. The highest BCUT2D eigenvalue weighted by Crippen LogP contribution is 2.29. The third-order valence-corrected chi connectivity index (χ3v) is 5.14. The number of hydrogen-bond donors (Lipinski definition) is 1. The summed E-state index contributed by atoms with van der Waals surface area (Å²) in [6.07, 6.45) is 0. The van der Waals surface area contributed by atoms with Crippen LogP contribution in [0.2, 0.25) is 5.02 Å². The van der Waals surface area contributed by atoms with Crippen LogP contribution in [0.25, 0.3) is 21.6 Å². The molecule has 1 amide bonds. The van der Waals surface area contributed by atoms with Gasteiger partial charge in [-0.3, -0.25) is 14.2 Å². The second kappa shape index (κ2) is 6.33. The summed E-state index contributed by atoms with van der Waals surface area (Å²) in [6, 6.07) is 6.75. The van der Waals surface area contributed by atoms with E-state index in [4.69, 9.17) is 17.3 Å². The number of alkyl halides is 1. The first kappa shape index (κ1) is 16.6. The van der Waals surface area contributed by atoms with Gasteiger partial charge in [0, 0.05) is 10.6 Å². The van der Waals surface area contributed by atoms with Crippen molar-refractivity contribution in [3.05, 3.63) is 50.1 Å². The Morgan fingerprint density at radius 1 is 1.38 bits per heavy atom. The molecule has 2 aromatic heterocycles. The number of aryl methyl sites for hydroxylation is 1. The number of carbonyl (C=O) groups excluding carboxylic acids is 1. The molecule has 1 aromatic carbocycles. The average Bonchev–Trinajstić information content (AvgIpc) is 2.88. The van der Waals surface area contributed by atoms with Crippen molar-refractivity contribution in [1.82, 2.24) is 9.55 Å². The standard InChI is InChI=1S/C16H13ClFN3O2S/c1-8-11-15(24-12(8)13(19)22)20-14(21(7-6-18)16(11)23)9-2-4-10(17)5-3-9/h2-5H,6-7H2,1H3,(H2,19,22). The van der Waals surface area contributed by atoms with Gasteiger partial charge in [0.05, 0.1) is 16.8 Å². The first-order chi connectivity index (χ1) is 11.4. The Balaban J connectivity index is 2.36. The first-order valence-corrected chi connectivity index (χ1v) is 8.29. The number of rotatable bonds is 4. The third kappa shape index (κ3) is 2.70. The quantitative estimate of drug-likeness (QED) is 0.771. The lowest BCUT2D eigenvalue weighted by atomic mass is 10.1. The highest BCUT2D eigenvalue weighted by atomic mass is 35.5. The van der Waals surface area contributed by atoms with Crippen molar-refractivity contribution in [3.8, 4) is 11.4 Å². The van der Waals surface area contributed by atoms with Gasteiger partial charge in [0.15, 0.2) is 0 Å². The third-order valence-electron chi connectivity index (χ3n) is 3.68. The largest absolute Gasteiger partial charge is 0.365 e. The van der Waals surface area contributed by atoms with Gasteiger partial charge < -0.3 is 5.73 Å². The van der Waals surface area contributed by atoms with Gasteiger partial charge >= 0.3 is 0 Å². The molecular weight excluding hydrogens is 353 g/mol. The number of primary amides is 1. The van der Waals surface area contributed by atoms with Gasteiger partial charge in [-0.05, 0) is 36.8 Å². The van der Waals surface area contributed by atoms with Gasteiger partial charge in [0.1, 0.15) is 17.3 Å². The molecule has 0 unspecified atom stereocenters. The van der Waals surface area contributed by atoms with Gasteiger partial charge in [-0.15, -0.1) is 11.3 Å². The molecule has 0 saturated carbocycles. The Hall–Kier alpha value is -2.25. The lowest BCUT2D eigenvalue weighted by Crippen LogP contribution is -2.24. The van der Waals surface area contributed by atoms with Crippen molar-refractivity contribution in [2.24, 2.45) is 5.73 Å². The van der Waals surface area contributed by atoms with E-state index < -0.39 is 12.6 Å². The number of aromatic nitrogens is 2. The number of benzene rings is 1. The summed E-state index contributed by atoms with van der Waals surface area (Å²) >= 11 is 6.95. The monoisotopic (exact) mass is 365 g/mol. The maximum absolute atomic E-state index is 13.0. The Labute approximate surface area is 145 Å². The molecule has 2 N–H and O–H groups in total. The van der Waals surface area contributed by atoms with Gasteiger partial charge in [0.2, 0.25) is 0 Å². The van der Waals surface area contributed by atoms with Crippen molar-refractivity contribution in [3.63, 3.8) is 0 Å². The molecule has 0 aliphatic rings. The number of amides is 1. The highest BCUT2D eigenvalue weighted by molar-refractivity contribution is 7.20. The Morgan fingerprint density at radius 3 is 2.62 bits per heavy atom. The van der Waals surface area contributed by atoms with E-state index in [-0.39, 0.29) is 17.0 Å². The number of hydrogen-bond acceptors (Lipinski definition) is 4. The number of fused-ring (bicyclic) bond motifs is 1. The molecule has 2 heterocycles. The summed E-state index contributed by atoms with van der Waals surface area (Å²) in [5.74, 6) is -0.279. The Bertz CT molecular complexity index is 995. The molecule has 0 saturated heterocycles. The minimum atomic E-state index is -0.709.